The van der Waals surface area contributed by atoms with Crippen LogP contribution in [0.1, 0.15) is 42.1 Å². The molecule has 1 saturated heterocycles. The highest BCUT2D eigenvalue weighted by Crippen LogP contribution is 2.31. The Kier molecular flexibility index (Phi) is 6.19. The van der Waals surface area contributed by atoms with Gasteiger partial charge in [-0.2, -0.15) is 4.98 Å². The molecule has 0 atom stereocenters. The van der Waals surface area contributed by atoms with Gasteiger partial charge in [0.2, 0.25) is 11.4 Å². The van der Waals surface area contributed by atoms with Crippen LogP contribution in [-0.4, -0.2) is 65.6 Å². The van der Waals surface area contributed by atoms with Gasteiger partial charge in [-0.15, -0.1) is 0 Å². The van der Waals surface area contributed by atoms with Crippen LogP contribution in [0, 0.1) is 0 Å². The molecule has 5 rings (SSSR count). The van der Waals surface area contributed by atoms with Gasteiger partial charge in [0.15, 0.2) is 0 Å². The minimum atomic E-state index is -0.387. The summed E-state index contributed by atoms with van der Waals surface area (Å²) in [5.41, 5.74) is 2.42. The molecule has 34 heavy (non-hydrogen) atoms. The van der Waals surface area contributed by atoms with E-state index >= 15 is 0 Å². The molecular weight excluding hydrogens is 430 g/mol. The fourth-order valence-electron chi connectivity index (χ4n) is 4.93. The number of pyridine rings is 1. The van der Waals surface area contributed by atoms with E-state index in [1.165, 1.54) is 13.2 Å². The molecule has 2 aromatic heterocycles. The number of likely N-dealkylation sites (N-methyl/N-ethyl adjacent to an activating group) is 1. The molecule has 1 aliphatic heterocycles. The normalized spacial score (nSPS) is 17.3. The van der Waals surface area contributed by atoms with Crippen molar-refractivity contribution in [1.82, 2.24) is 24.8 Å². The molecular formula is C25H31N7O2. The number of aromatic nitrogens is 3. The monoisotopic (exact) mass is 461 g/mol. The maximum atomic E-state index is 13.0. The zero-order chi connectivity index (χ0) is 23.7. The van der Waals surface area contributed by atoms with Crippen molar-refractivity contribution in [2.75, 3.05) is 50.5 Å². The first kappa shape index (κ1) is 22.3. The maximum Gasteiger partial charge on any atom is 0.256 e. The molecule has 1 saturated carbocycles. The number of carbonyl (C=O) groups excluding carboxylic acids is 1. The number of benzene rings is 1. The number of fused-ring (bicyclic) bond motifs is 1. The summed E-state index contributed by atoms with van der Waals surface area (Å²) in [6.07, 6.45) is 7.47. The van der Waals surface area contributed by atoms with Crippen molar-refractivity contribution >= 4 is 34.3 Å². The summed E-state index contributed by atoms with van der Waals surface area (Å²) in [7, 11) is 3.68. The second-order valence-electron chi connectivity index (χ2n) is 9.19. The van der Waals surface area contributed by atoms with Crippen LogP contribution >= 0.6 is 0 Å². The quantitative estimate of drug-likeness (QED) is 0.603. The number of rotatable bonds is 5. The number of hydrogen-bond acceptors (Lipinski definition) is 7. The fourth-order valence-corrected chi connectivity index (χ4v) is 4.93. The van der Waals surface area contributed by atoms with Gasteiger partial charge in [0.05, 0.1) is 5.39 Å². The minimum absolute atomic E-state index is 0.131. The van der Waals surface area contributed by atoms with Crippen molar-refractivity contribution < 1.29 is 4.79 Å². The Bertz CT molecular complexity index is 1260. The predicted octanol–water partition coefficient (Wildman–Crippen LogP) is 2.76. The number of carbonyl (C=O) groups is 1. The second kappa shape index (κ2) is 9.42. The van der Waals surface area contributed by atoms with Gasteiger partial charge >= 0.3 is 0 Å². The lowest BCUT2D eigenvalue weighted by molar-refractivity contribution is 0.0961. The average Bonchev–Trinajstić information content (AvgIpc) is 3.39. The first-order valence-electron chi connectivity index (χ1n) is 12.0. The van der Waals surface area contributed by atoms with Crippen LogP contribution in [0.25, 0.3) is 11.0 Å². The molecule has 3 aromatic rings. The molecule has 178 valence electrons. The van der Waals surface area contributed by atoms with E-state index in [0.717, 1.165) is 63.2 Å². The van der Waals surface area contributed by atoms with Crippen LogP contribution in [-0.2, 0) is 0 Å². The van der Waals surface area contributed by atoms with E-state index in [-0.39, 0.29) is 22.9 Å². The van der Waals surface area contributed by atoms with Crippen molar-refractivity contribution in [1.29, 1.82) is 0 Å². The van der Waals surface area contributed by atoms with E-state index in [2.05, 4.69) is 44.6 Å². The van der Waals surface area contributed by atoms with Crippen LogP contribution in [0.3, 0.4) is 0 Å². The molecule has 0 bridgehead atoms. The SMILES string of the molecule is CNC(=O)c1cn(C2CCCC2)c2nc(Nc3cccc(N4CCN(C)CC4)c3)ncc2c1=O. The zero-order valence-electron chi connectivity index (χ0n) is 19.8. The van der Waals surface area contributed by atoms with Crippen molar-refractivity contribution in [3.8, 4) is 0 Å². The van der Waals surface area contributed by atoms with Gasteiger partial charge < -0.3 is 25.0 Å². The highest BCUT2D eigenvalue weighted by atomic mass is 16.2. The van der Waals surface area contributed by atoms with Crippen LogP contribution < -0.4 is 21.0 Å². The van der Waals surface area contributed by atoms with Crippen LogP contribution in [0.2, 0.25) is 0 Å². The lowest BCUT2D eigenvalue weighted by Gasteiger charge is -2.34. The average molecular weight is 462 g/mol. The smallest absolute Gasteiger partial charge is 0.256 e. The third kappa shape index (κ3) is 4.35. The van der Waals surface area contributed by atoms with E-state index < -0.39 is 0 Å². The summed E-state index contributed by atoms with van der Waals surface area (Å²) < 4.78 is 2.00. The number of anilines is 3. The van der Waals surface area contributed by atoms with Crippen molar-refractivity contribution in [2.24, 2.45) is 0 Å². The Balaban J connectivity index is 1.49. The first-order valence-corrected chi connectivity index (χ1v) is 12.0. The third-order valence-corrected chi connectivity index (χ3v) is 6.93. The largest absolute Gasteiger partial charge is 0.369 e. The molecule has 2 aliphatic rings. The van der Waals surface area contributed by atoms with Gasteiger partial charge in [-0.05, 0) is 38.1 Å². The first-order chi connectivity index (χ1) is 16.5. The fraction of sp³-hybridized carbons (Fsp3) is 0.440. The number of hydrogen-bond donors (Lipinski definition) is 2. The van der Waals surface area contributed by atoms with Gasteiger partial charge in [-0.25, -0.2) is 4.98 Å². The molecule has 1 amide bonds. The molecule has 1 aromatic carbocycles. The van der Waals surface area contributed by atoms with Gasteiger partial charge in [0, 0.05) is 63.0 Å². The number of amides is 1. The predicted molar refractivity (Wildman–Crippen MR) is 134 cm³/mol. The highest BCUT2D eigenvalue weighted by molar-refractivity contribution is 5.96. The van der Waals surface area contributed by atoms with Crippen molar-refractivity contribution in [3.05, 3.63) is 52.4 Å². The standard InChI is InChI=1S/C25H31N7O2/c1-26-24(34)21-16-32(18-7-3-4-8-18)23-20(22(21)33)15-27-25(29-23)28-17-6-5-9-19(14-17)31-12-10-30(2)11-13-31/h5-6,9,14-16,18H,3-4,7-8,10-13H2,1-2H3,(H,26,34)(H,27,28,29). The topological polar surface area (TPSA) is 95.4 Å². The molecule has 0 unspecified atom stereocenters. The molecule has 2 fully saturated rings. The Hall–Kier alpha value is -3.46. The van der Waals surface area contributed by atoms with Gasteiger partial charge in [-0.1, -0.05) is 18.9 Å². The maximum absolute atomic E-state index is 13.0. The molecule has 9 heteroatoms. The summed E-state index contributed by atoms with van der Waals surface area (Å²) in [4.78, 5) is 39.3. The van der Waals surface area contributed by atoms with E-state index in [4.69, 9.17) is 4.98 Å². The summed E-state index contributed by atoms with van der Waals surface area (Å²) in [5, 5.41) is 6.25. The summed E-state index contributed by atoms with van der Waals surface area (Å²) >= 11 is 0. The third-order valence-electron chi connectivity index (χ3n) is 6.93. The molecule has 0 spiro atoms. The van der Waals surface area contributed by atoms with Gasteiger partial charge in [0.1, 0.15) is 11.2 Å². The van der Waals surface area contributed by atoms with Crippen molar-refractivity contribution in [2.45, 2.75) is 31.7 Å². The summed E-state index contributed by atoms with van der Waals surface area (Å²) in [6, 6.07) is 8.47. The Morgan fingerprint density at radius 2 is 1.88 bits per heavy atom. The molecule has 3 heterocycles. The Morgan fingerprint density at radius 3 is 2.62 bits per heavy atom. The van der Waals surface area contributed by atoms with Crippen LogP contribution in [0.4, 0.5) is 17.3 Å². The highest BCUT2D eigenvalue weighted by Gasteiger charge is 2.23. The van der Waals surface area contributed by atoms with E-state index in [1.807, 2.05) is 16.7 Å². The zero-order valence-corrected chi connectivity index (χ0v) is 19.8. The summed E-state index contributed by atoms with van der Waals surface area (Å²) in [6.45, 7) is 4.08. The van der Waals surface area contributed by atoms with E-state index in [0.29, 0.717) is 17.0 Å². The summed E-state index contributed by atoms with van der Waals surface area (Å²) in [5.74, 6) is 0.0448. The lowest BCUT2D eigenvalue weighted by atomic mass is 10.1. The van der Waals surface area contributed by atoms with Gasteiger partial charge in [-0.3, -0.25) is 9.59 Å². The second-order valence-corrected chi connectivity index (χ2v) is 9.19. The van der Waals surface area contributed by atoms with E-state index in [1.54, 1.807) is 6.20 Å². The number of piperazine rings is 1. The molecule has 1 aliphatic carbocycles. The Labute approximate surface area is 198 Å². The molecule has 0 radical (unpaired) electrons. The van der Waals surface area contributed by atoms with Crippen LogP contribution in [0.15, 0.2) is 41.5 Å². The molecule has 9 nitrogen and oxygen atoms in total. The number of nitrogens with zero attached hydrogens (tertiary/aromatic N) is 5. The lowest BCUT2D eigenvalue weighted by Crippen LogP contribution is -2.44. The van der Waals surface area contributed by atoms with Gasteiger partial charge in [0.25, 0.3) is 5.91 Å². The minimum Gasteiger partial charge on any atom is -0.369 e. The molecule has 2 N–H and O–H groups in total. The van der Waals surface area contributed by atoms with Crippen molar-refractivity contribution in [3.63, 3.8) is 0 Å². The Morgan fingerprint density at radius 1 is 1.12 bits per heavy atom. The number of nitrogens with one attached hydrogen (secondary N) is 2. The van der Waals surface area contributed by atoms with Crippen LogP contribution in [0.5, 0.6) is 0 Å². The van der Waals surface area contributed by atoms with E-state index in [9.17, 15) is 9.59 Å².